The van der Waals surface area contributed by atoms with Crippen LogP contribution in [0.1, 0.15) is 24.2 Å². The summed E-state index contributed by atoms with van der Waals surface area (Å²) in [7, 11) is 3.37. The molecule has 1 aromatic rings. The van der Waals surface area contributed by atoms with E-state index in [9.17, 15) is 9.59 Å². The highest BCUT2D eigenvalue weighted by molar-refractivity contribution is 5.98. The highest BCUT2D eigenvalue weighted by Gasteiger charge is 2.25. The fourth-order valence-corrected chi connectivity index (χ4v) is 1.38. The van der Waals surface area contributed by atoms with Gasteiger partial charge < -0.3 is 16.0 Å². The van der Waals surface area contributed by atoms with Gasteiger partial charge >= 0.3 is 0 Å². The van der Waals surface area contributed by atoms with E-state index in [2.05, 4.69) is 5.32 Å². The highest BCUT2D eigenvalue weighted by Crippen LogP contribution is 2.18. The molecule has 0 spiro atoms. The fourth-order valence-electron chi connectivity index (χ4n) is 1.38. The van der Waals surface area contributed by atoms with Crippen LogP contribution in [0.4, 0.5) is 5.69 Å². The van der Waals surface area contributed by atoms with Gasteiger partial charge in [-0.05, 0) is 32.0 Å². The van der Waals surface area contributed by atoms with Crippen molar-refractivity contribution in [3.05, 3.63) is 29.8 Å². The second-order valence-electron chi connectivity index (χ2n) is 5.32. The number of amides is 2. The van der Waals surface area contributed by atoms with Gasteiger partial charge in [-0.1, -0.05) is 6.07 Å². The Balaban J connectivity index is 0.00000361. The minimum Gasteiger partial charge on any atom is -0.345 e. The average Bonchev–Trinajstić information content (AvgIpc) is 2.37. The molecule has 2 amide bonds. The summed E-state index contributed by atoms with van der Waals surface area (Å²) in [6.07, 6.45) is 0. The number of nitrogens with zero attached hydrogens (tertiary/aromatic N) is 1. The van der Waals surface area contributed by atoms with Gasteiger partial charge in [-0.3, -0.25) is 9.59 Å². The van der Waals surface area contributed by atoms with Crippen LogP contribution in [-0.2, 0) is 4.79 Å². The molecular formula is C14H22ClN3O2. The molecule has 0 aromatic heterocycles. The molecule has 112 valence electrons. The van der Waals surface area contributed by atoms with E-state index in [-0.39, 0.29) is 30.8 Å². The number of anilines is 1. The Morgan fingerprint density at radius 3 is 2.40 bits per heavy atom. The predicted molar refractivity (Wildman–Crippen MR) is 83.2 cm³/mol. The van der Waals surface area contributed by atoms with Gasteiger partial charge in [0.05, 0.1) is 5.41 Å². The van der Waals surface area contributed by atoms with E-state index >= 15 is 0 Å². The van der Waals surface area contributed by atoms with Crippen LogP contribution in [0.15, 0.2) is 24.3 Å². The highest BCUT2D eigenvalue weighted by atomic mass is 35.5. The molecule has 0 bridgehead atoms. The van der Waals surface area contributed by atoms with E-state index in [0.717, 1.165) is 0 Å². The molecule has 0 radical (unpaired) electrons. The fraction of sp³-hybridized carbons (Fsp3) is 0.429. The van der Waals surface area contributed by atoms with Crippen molar-refractivity contribution in [2.24, 2.45) is 11.1 Å². The van der Waals surface area contributed by atoms with E-state index in [0.29, 0.717) is 11.3 Å². The van der Waals surface area contributed by atoms with Crippen molar-refractivity contribution < 1.29 is 9.59 Å². The third kappa shape index (κ3) is 4.51. The summed E-state index contributed by atoms with van der Waals surface area (Å²) < 4.78 is 0. The number of benzene rings is 1. The molecule has 0 aliphatic heterocycles. The Kier molecular flexibility index (Phi) is 6.68. The molecule has 1 aromatic carbocycles. The minimum atomic E-state index is -0.637. The molecule has 0 fully saturated rings. The van der Waals surface area contributed by atoms with Gasteiger partial charge in [0, 0.05) is 31.9 Å². The molecule has 3 N–H and O–H groups in total. The maximum atomic E-state index is 12.0. The van der Waals surface area contributed by atoms with E-state index in [4.69, 9.17) is 5.73 Å². The van der Waals surface area contributed by atoms with E-state index in [1.54, 1.807) is 52.2 Å². The number of nitrogens with two attached hydrogens (primary N) is 1. The summed E-state index contributed by atoms with van der Waals surface area (Å²) in [6, 6.07) is 6.86. The largest absolute Gasteiger partial charge is 0.345 e. The molecule has 0 heterocycles. The zero-order chi connectivity index (χ0) is 14.6. The van der Waals surface area contributed by atoms with Crippen LogP contribution in [0.5, 0.6) is 0 Å². The molecule has 0 saturated carbocycles. The van der Waals surface area contributed by atoms with Crippen molar-refractivity contribution in [2.45, 2.75) is 13.8 Å². The molecule has 5 nitrogen and oxygen atoms in total. The standard InChI is InChI=1S/C14H21N3O2.ClH/c1-14(2,9-15)13(19)16-11-7-5-6-10(8-11)12(18)17(3)4;/h5-8H,9,15H2,1-4H3,(H,16,19);1H. The van der Waals surface area contributed by atoms with Crippen LogP contribution in [0.3, 0.4) is 0 Å². The molecule has 0 atom stereocenters. The van der Waals surface area contributed by atoms with Crippen molar-refractivity contribution in [3.63, 3.8) is 0 Å². The van der Waals surface area contributed by atoms with Crippen molar-refractivity contribution in [3.8, 4) is 0 Å². The second kappa shape index (κ2) is 7.26. The quantitative estimate of drug-likeness (QED) is 0.889. The van der Waals surface area contributed by atoms with Gasteiger partial charge in [-0.25, -0.2) is 0 Å². The average molecular weight is 300 g/mol. The summed E-state index contributed by atoms with van der Waals surface area (Å²) in [5.41, 5.74) is 6.05. The lowest BCUT2D eigenvalue weighted by Gasteiger charge is -2.21. The molecule has 0 unspecified atom stereocenters. The number of hydrogen-bond acceptors (Lipinski definition) is 3. The van der Waals surface area contributed by atoms with Crippen LogP contribution < -0.4 is 11.1 Å². The smallest absolute Gasteiger partial charge is 0.253 e. The summed E-state index contributed by atoms with van der Waals surface area (Å²) in [5.74, 6) is -0.265. The predicted octanol–water partition coefficient (Wildman–Crippen LogP) is 1.73. The Morgan fingerprint density at radius 2 is 1.90 bits per heavy atom. The van der Waals surface area contributed by atoms with Gasteiger partial charge in [0.25, 0.3) is 5.91 Å². The van der Waals surface area contributed by atoms with Crippen molar-refractivity contribution >= 4 is 29.9 Å². The Hall–Kier alpha value is -1.59. The summed E-state index contributed by atoms with van der Waals surface area (Å²) in [4.78, 5) is 25.3. The number of hydrogen-bond donors (Lipinski definition) is 2. The first-order valence-electron chi connectivity index (χ1n) is 6.11. The zero-order valence-corrected chi connectivity index (χ0v) is 13.1. The van der Waals surface area contributed by atoms with Crippen LogP contribution in [-0.4, -0.2) is 37.4 Å². The number of carbonyl (C=O) groups is 2. The van der Waals surface area contributed by atoms with Gasteiger partial charge in [0.1, 0.15) is 0 Å². The first kappa shape index (κ1) is 18.4. The summed E-state index contributed by atoms with van der Waals surface area (Å²) in [5, 5.41) is 2.78. The number of rotatable bonds is 4. The molecule has 20 heavy (non-hydrogen) atoms. The first-order valence-corrected chi connectivity index (χ1v) is 6.11. The topological polar surface area (TPSA) is 75.4 Å². The maximum Gasteiger partial charge on any atom is 0.253 e. The van der Waals surface area contributed by atoms with Gasteiger partial charge in [-0.2, -0.15) is 0 Å². The van der Waals surface area contributed by atoms with Crippen LogP contribution >= 0.6 is 12.4 Å². The van der Waals surface area contributed by atoms with Crippen LogP contribution in [0, 0.1) is 5.41 Å². The van der Waals surface area contributed by atoms with E-state index in [1.165, 1.54) is 4.90 Å². The van der Waals surface area contributed by atoms with Crippen molar-refractivity contribution in [1.82, 2.24) is 4.90 Å². The number of halogens is 1. The SMILES string of the molecule is CN(C)C(=O)c1cccc(NC(=O)C(C)(C)CN)c1.Cl. The molecular weight excluding hydrogens is 278 g/mol. The van der Waals surface area contributed by atoms with Gasteiger partial charge in [0.2, 0.25) is 5.91 Å². The second-order valence-corrected chi connectivity index (χ2v) is 5.32. The minimum absolute atomic E-state index is 0. The molecule has 6 heteroatoms. The lowest BCUT2D eigenvalue weighted by Crippen LogP contribution is -2.37. The number of carbonyl (C=O) groups excluding carboxylic acids is 2. The molecule has 0 aliphatic carbocycles. The van der Waals surface area contributed by atoms with Crippen LogP contribution in [0.25, 0.3) is 0 Å². The van der Waals surface area contributed by atoms with Crippen LogP contribution in [0.2, 0.25) is 0 Å². The number of nitrogens with one attached hydrogen (secondary N) is 1. The monoisotopic (exact) mass is 299 g/mol. The third-order valence-electron chi connectivity index (χ3n) is 2.90. The van der Waals surface area contributed by atoms with Gasteiger partial charge in [-0.15, -0.1) is 12.4 Å². The first-order chi connectivity index (χ1) is 8.77. The van der Waals surface area contributed by atoms with E-state index in [1.807, 2.05) is 0 Å². The van der Waals surface area contributed by atoms with Crippen molar-refractivity contribution in [1.29, 1.82) is 0 Å². The van der Waals surface area contributed by atoms with E-state index < -0.39 is 5.41 Å². The van der Waals surface area contributed by atoms with Gasteiger partial charge in [0.15, 0.2) is 0 Å². The normalized spacial score (nSPS) is 10.4. The molecule has 0 saturated heterocycles. The van der Waals surface area contributed by atoms with Crippen molar-refractivity contribution in [2.75, 3.05) is 26.0 Å². The lowest BCUT2D eigenvalue weighted by molar-refractivity contribution is -0.123. The Labute approximate surface area is 125 Å². The summed E-state index contributed by atoms with van der Waals surface area (Å²) >= 11 is 0. The lowest BCUT2D eigenvalue weighted by atomic mass is 9.92. The third-order valence-corrected chi connectivity index (χ3v) is 2.90. The molecule has 1 rings (SSSR count). The zero-order valence-electron chi connectivity index (χ0n) is 12.3. The molecule has 0 aliphatic rings. The Morgan fingerprint density at radius 1 is 1.30 bits per heavy atom. The maximum absolute atomic E-state index is 12.0. The summed E-state index contributed by atoms with van der Waals surface area (Å²) in [6.45, 7) is 3.81. The Bertz CT molecular complexity index is 487.